The number of methoxy groups -OCH3 is 1. The van der Waals surface area contributed by atoms with Crippen LogP contribution in [0.5, 0.6) is 5.75 Å². The molecule has 1 saturated heterocycles. The number of anilines is 1. The number of sulfonamides is 1. The van der Waals surface area contributed by atoms with Crippen LogP contribution in [0.2, 0.25) is 0 Å². The summed E-state index contributed by atoms with van der Waals surface area (Å²) in [5, 5.41) is 0.867. The van der Waals surface area contributed by atoms with Gasteiger partial charge in [-0.2, -0.15) is 0 Å². The molecule has 0 spiro atoms. The fraction of sp³-hybridized carbons (Fsp3) is 0.286. The van der Waals surface area contributed by atoms with E-state index in [0.29, 0.717) is 16.3 Å². The molecule has 0 radical (unpaired) electrons. The molecule has 0 unspecified atom stereocenters. The number of hydrogen-bond donors (Lipinski definition) is 0. The molecule has 4 rings (SSSR count). The van der Waals surface area contributed by atoms with Crippen molar-refractivity contribution in [3.63, 3.8) is 0 Å². The van der Waals surface area contributed by atoms with Crippen molar-refractivity contribution >= 4 is 43.0 Å². The summed E-state index contributed by atoms with van der Waals surface area (Å²) in [7, 11) is -0.635. The first-order valence-corrected chi connectivity index (χ1v) is 11.6. The average Bonchev–Trinajstić information content (AvgIpc) is 3.42. The maximum Gasteiger partial charge on any atom is 0.264 e. The second kappa shape index (κ2) is 7.68. The van der Waals surface area contributed by atoms with E-state index in [1.54, 1.807) is 18.2 Å². The minimum absolute atomic E-state index is 0.0597. The molecule has 8 heteroatoms. The number of ether oxygens (including phenoxy) is 1. The van der Waals surface area contributed by atoms with Gasteiger partial charge in [0.15, 0.2) is 0 Å². The van der Waals surface area contributed by atoms with E-state index >= 15 is 0 Å². The fourth-order valence-electron chi connectivity index (χ4n) is 3.45. The van der Waals surface area contributed by atoms with Crippen molar-refractivity contribution in [3.8, 4) is 5.75 Å². The molecule has 0 bridgehead atoms. The van der Waals surface area contributed by atoms with Crippen LogP contribution < -0.4 is 9.04 Å². The molecule has 1 amide bonds. The van der Waals surface area contributed by atoms with Gasteiger partial charge in [-0.1, -0.05) is 0 Å². The topological polar surface area (TPSA) is 66.9 Å². The zero-order valence-electron chi connectivity index (χ0n) is 16.3. The molecule has 0 atom stereocenters. The summed E-state index contributed by atoms with van der Waals surface area (Å²) in [6.07, 6.45) is 2.10. The zero-order valence-corrected chi connectivity index (χ0v) is 17.9. The van der Waals surface area contributed by atoms with Crippen LogP contribution in [0.1, 0.15) is 22.5 Å². The highest BCUT2D eigenvalue weighted by atomic mass is 32.2. The van der Waals surface area contributed by atoms with Crippen LogP contribution in [0.25, 0.3) is 10.1 Å². The van der Waals surface area contributed by atoms with E-state index in [1.165, 1.54) is 41.9 Å². The minimum Gasteiger partial charge on any atom is -0.497 e. The summed E-state index contributed by atoms with van der Waals surface area (Å²) in [5.74, 6) is 0.658. The third-order valence-electron chi connectivity index (χ3n) is 5.19. The second-order valence-electron chi connectivity index (χ2n) is 6.98. The molecule has 1 fully saturated rings. The highest BCUT2D eigenvalue weighted by molar-refractivity contribution is 7.92. The molecule has 1 aliphatic rings. The molecule has 0 N–H and O–H groups in total. The number of carbonyl (C=O) groups is 1. The van der Waals surface area contributed by atoms with Crippen LogP contribution in [-0.2, 0) is 10.0 Å². The average molecular weight is 431 g/mol. The largest absolute Gasteiger partial charge is 0.497 e. The standard InChI is InChI=1S/C21H22N2O4S2/c1-22(29(25,26)18-8-6-17(27-2)7-9-18)16-5-10-19-15(13-16)14-20(28-19)21(24)23-11-3-4-12-23/h5-10,13-14H,3-4,11-12H2,1-2H3. The quantitative estimate of drug-likeness (QED) is 0.614. The summed E-state index contributed by atoms with van der Waals surface area (Å²) < 4.78 is 33.3. The van der Waals surface area contributed by atoms with Crippen LogP contribution in [0.3, 0.4) is 0 Å². The van der Waals surface area contributed by atoms with Gasteiger partial charge in [0.2, 0.25) is 0 Å². The van der Waals surface area contributed by atoms with Gasteiger partial charge in [0.05, 0.1) is 22.6 Å². The number of fused-ring (bicyclic) bond motifs is 1. The minimum atomic E-state index is -3.70. The SMILES string of the molecule is COc1ccc(S(=O)(=O)N(C)c2ccc3sc(C(=O)N4CCCC4)cc3c2)cc1. The number of amides is 1. The van der Waals surface area contributed by atoms with Gasteiger partial charge in [-0.3, -0.25) is 9.10 Å². The van der Waals surface area contributed by atoms with Gasteiger partial charge < -0.3 is 9.64 Å². The van der Waals surface area contributed by atoms with Gasteiger partial charge in [0.1, 0.15) is 5.75 Å². The van der Waals surface area contributed by atoms with E-state index < -0.39 is 10.0 Å². The molecular formula is C21H22N2O4S2. The Morgan fingerprint density at radius 2 is 1.76 bits per heavy atom. The highest BCUT2D eigenvalue weighted by Crippen LogP contribution is 2.32. The Morgan fingerprint density at radius 1 is 1.07 bits per heavy atom. The summed E-state index contributed by atoms with van der Waals surface area (Å²) in [5.41, 5.74) is 0.547. The van der Waals surface area contributed by atoms with Crippen molar-refractivity contribution in [1.29, 1.82) is 0 Å². The van der Waals surface area contributed by atoms with E-state index in [4.69, 9.17) is 4.74 Å². The molecule has 1 aliphatic heterocycles. The maximum atomic E-state index is 13.0. The first-order chi connectivity index (χ1) is 13.9. The number of carbonyl (C=O) groups excluding carboxylic acids is 1. The van der Waals surface area contributed by atoms with Crippen LogP contribution >= 0.6 is 11.3 Å². The second-order valence-corrected chi connectivity index (χ2v) is 10.0. The fourth-order valence-corrected chi connectivity index (χ4v) is 5.65. The highest BCUT2D eigenvalue weighted by Gasteiger charge is 2.23. The Bertz CT molecular complexity index is 1150. The van der Waals surface area contributed by atoms with Gasteiger partial charge in [0.25, 0.3) is 15.9 Å². The van der Waals surface area contributed by atoms with Gasteiger partial charge in [0, 0.05) is 24.8 Å². The summed E-state index contributed by atoms with van der Waals surface area (Å²) in [4.78, 5) is 15.4. The number of rotatable bonds is 5. The number of hydrogen-bond acceptors (Lipinski definition) is 5. The van der Waals surface area contributed by atoms with Gasteiger partial charge >= 0.3 is 0 Å². The predicted octanol–water partition coefficient (Wildman–Crippen LogP) is 3.97. The normalized spacial score (nSPS) is 14.3. The molecule has 152 valence electrons. The van der Waals surface area contributed by atoms with Gasteiger partial charge in [-0.25, -0.2) is 8.42 Å². The van der Waals surface area contributed by atoms with Crippen molar-refractivity contribution in [2.24, 2.45) is 0 Å². The van der Waals surface area contributed by atoms with E-state index in [9.17, 15) is 13.2 Å². The van der Waals surface area contributed by atoms with Crippen molar-refractivity contribution < 1.29 is 17.9 Å². The summed E-state index contributed by atoms with van der Waals surface area (Å²) in [6, 6.07) is 13.6. The molecule has 2 aromatic carbocycles. The van der Waals surface area contributed by atoms with Crippen molar-refractivity contribution in [1.82, 2.24) is 4.90 Å². The molecule has 29 heavy (non-hydrogen) atoms. The van der Waals surface area contributed by atoms with Gasteiger partial charge in [-0.15, -0.1) is 11.3 Å². The van der Waals surface area contributed by atoms with E-state index in [1.807, 2.05) is 23.1 Å². The van der Waals surface area contributed by atoms with E-state index in [0.717, 1.165) is 36.0 Å². The zero-order chi connectivity index (χ0) is 20.6. The molecule has 1 aromatic heterocycles. The van der Waals surface area contributed by atoms with Gasteiger partial charge in [-0.05, 0) is 66.8 Å². The Labute approximate surface area is 174 Å². The summed E-state index contributed by atoms with van der Waals surface area (Å²) >= 11 is 1.45. The monoisotopic (exact) mass is 430 g/mol. The molecule has 0 saturated carbocycles. The van der Waals surface area contributed by atoms with E-state index in [-0.39, 0.29) is 10.8 Å². The lowest BCUT2D eigenvalue weighted by molar-refractivity contribution is 0.0797. The number of likely N-dealkylation sites (tertiary alicyclic amines) is 1. The number of thiophene rings is 1. The molecular weight excluding hydrogens is 408 g/mol. The van der Waals surface area contributed by atoms with Crippen LogP contribution in [0, 0.1) is 0 Å². The first kappa shape index (κ1) is 19.7. The Hall–Kier alpha value is -2.58. The lowest BCUT2D eigenvalue weighted by Gasteiger charge is -2.19. The molecule has 0 aliphatic carbocycles. The number of nitrogens with zero attached hydrogens (tertiary/aromatic N) is 2. The smallest absolute Gasteiger partial charge is 0.264 e. The van der Waals surface area contributed by atoms with Crippen molar-refractivity contribution in [2.75, 3.05) is 31.6 Å². The predicted molar refractivity (Wildman–Crippen MR) is 116 cm³/mol. The Balaban J connectivity index is 1.63. The molecule has 2 heterocycles. The van der Waals surface area contributed by atoms with Crippen molar-refractivity contribution in [2.45, 2.75) is 17.7 Å². The third kappa shape index (κ3) is 3.70. The third-order valence-corrected chi connectivity index (χ3v) is 8.09. The maximum absolute atomic E-state index is 13.0. The lowest BCUT2D eigenvalue weighted by Crippen LogP contribution is -2.26. The Morgan fingerprint density at radius 3 is 2.41 bits per heavy atom. The van der Waals surface area contributed by atoms with Crippen molar-refractivity contribution in [3.05, 3.63) is 53.4 Å². The molecule has 3 aromatic rings. The Kier molecular flexibility index (Phi) is 5.23. The number of benzene rings is 2. The van der Waals surface area contributed by atoms with Crippen LogP contribution in [0.15, 0.2) is 53.4 Å². The first-order valence-electron chi connectivity index (χ1n) is 9.36. The summed E-state index contributed by atoms with van der Waals surface area (Å²) in [6.45, 7) is 1.61. The van der Waals surface area contributed by atoms with E-state index in [2.05, 4.69) is 0 Å². The molecule has 6 nitrogen and oxygen atoms in total. The van der Waals surface area contributed by atoms with Crippen LogP contribution in [0.4, 0.5) is 5.69 Å². The lowest BCUT2D eigenvalue weighted by atomic mass is 10.2. The van der Waals surface area contributed by atoms with Crippen LogP contribution in [-0.4, -0.2) is 46.5 Å².